The average Bonchev–Trinajstić information content (AvgIpc) is 3.06. The Morgan fingerprint density at radius 1 is 1.10 bits per heavy atom. The van der Waals surface area contributed by atoms with Gasteiger partial charge in [-0.15, -0.1) is 10.2 Å². The molecule has 0 saturated heterocycles. The SMILES string of the molecule is Nc1ccccc1OCc1nnc(-c2ccc(Br)o2)o1. The van der Waals surface area contributed by atoms with Crippen molar-refractivity contribution in [2.24, 2.45) is 0 Å². The molecule has 3 aromatic rings. The van der Waals surface area contributed by atoms with Crippen LogP contribution in [-0.4, -0.2) is 10.2 Å². The van der Waals surface area contributed by atoms with Gasteiger partial charge in [0.15, 0.2) is 17.0 Å². The molecule has 2 N–H and O–H groups in total. The Labute approximate surface area is 122 Å². The number of benzene rings is 1. The van der Waals surface area contributed by atoms with E-state index in [4.69, 9.17) is 19.3 Å². The van der Waals surface area contributed by atoms with E-state index in [-0.39, 0.29) is 6.61 Å². The summed E-state index contributed by atoms with van der Waals surface area (Å²) >= 11 is 3.21. The zero-order chi connectivity index (χ0) is 13.9. The second-order valence-electron chi connectivity index (χ2n) is 3.93. The summed E-state index contributed by atoms with van der Waals surface area (Å²) in [6.45, 7) is 0.142. The van der Waals surface area contributed by atoms with Crippen LogP contribution in [0.4, 0.5) is 5.69 Å². The molecule has 0 bridgehead atoms. The first-order chi connectivity index (χ1) is 9.72. The van der Waals surface area contributed by atoms with Crippen LogP contribution in [0.15, 0.2) is 49.9 Å². The van der Waals surface area contributed by atoms with E-state index in [2.05, 4.69) is 26.1 Å². The van der Waals surface area contributed by atoms with Crippen molar-refractivity contribution in [3.05, 3.63) is 47.0 Å². The van der Waals surface area contributed by atoms with Crippen LogP contribution < -0.4 is 10.5 Å². The van der Waals surface area contributed by atoms with Crippen LogP contribution in [0.5, 0.6) is 5.75 Å². The molecule has 0 amide bonds. The molecule has 20 heavy (non-hydrogen) atoms. The van der Waals surface area contributed by atoms with Crippen LogP contribution in [0.2, 0.25) is 0 Å². The number of halogens is 1. The quantitative estimate of drug-likeness (QED) is 0.736. The monoisotopic (exact) mass is 335 g/mol. The molecular weight excluding hydrogens is 326 g/mol. The fourth-order valence-corrected chi connectivity index (χ4v) is 1.90. The number of para-hydroxylation sites is 2. The average molecular weight is 336 g/mol. The number of rotatable bonds is 4. The zero-order valence-corrected chi connectivity index (χ0v) is 11.8. The van der Waals surface area contributed by atoms with Gasteiger partial charge in [0.05, 0.1) is 5.69 Å². The minimum Gasteiger partial charge on any atom is -0.482 e. The number of nitrogen functional groups attached to an aromatic ring is 1. The second kappa shape index (κ2) is 5.38. The number of hydrogen-bond donors (Lipinski definition) is 1. The van der Waals surface area contributed by atoms with Gasteiger partial charge in [0.25, 0.3) is 11.8 Å². The van der Waals surface area contributed by atoms with Gasteiger partial charge in [0, 0.05) is 0 Å². The van der Waals surface area contributed by atoms with E-state index in [0.29, 0.717) is 33.6 Å². The van der Waals surface area contributed by atoms with Gasteiger partial charge in [-0.2, -0.15) is 0 Å². The van der Waals surface area contributed by atoms with Crippen molar-refractivity contribution in [1.29, 1.82) is 0 Å². The highest BCUT2D eigenvalue weighted by Crippen LogP contribution is 2.25. The van der Waals surface area contributed by atoms with E-state index in [1.165, 1.54) is 0 Å². The molecule has 0 saturated carbocycles. The molecule has 3 rings (SSSR count). The lowest BCUT2D eigenvalue weighted by atomic mass is 10.3. The fourth-order valence-electron chi connectivity index (χ4n) is 1.59. The summed E-state index contributed by atoms with van der Waals surface area (Å²) in [4.78, 5) is 0. The van der Waals surface area contributed by atoms with Gasteiger partial charge in [-0.1, -0.05) is 12.1 Å². The van der Waals surface area contributed by atoms with E-state index in [1.54, 1.807) is 24.3 Å². The molecule has 0 aliphatic rings. The van der Waals surface area contributed by atoms with Crippen LogP contribution in [0.3, 0.4) is 0 Å². The lowest BCUT2D eigenvalue weighted by Gasteiger charge is -2.05. The van der Waals surface area contributed by atoms with E-state index in [0.717, 1.165) is 0 Å². The summed E-state index contributed by atoms with van der Waals surface area (Å²) in [6, 6.07) is 10.7. The Morgan fingerprint density at radius 2 is 1.95 bits per heavy atom. The second-order valence-corrected chi connectivity index (χ2v) is 4.71. The van der Waals surface area contributed by atoms with Crippen molar-refractivity contribution >= 4 is 21.6 Å². The van der Waals surface area contributed by atoms with Crippen molar-refractivity contribution < 1.29 is 13.6 Å². The first kappa shape index (κ1) is 12.7. The number of ether oxygens (including phenoxy) is 1. The molecule has 0 fully saturated rings. The van der Waals surface area contributed by atoms with Crippen molar-refractivity contribution in [2.75, 3.05) is 5.73 Å². The number of furan rings is 1. The van der Waals surface area contributed by atoms with Gasteiger partial charge >= 0.3 is 0 Å². The Hall–Kier alpha value is -2.28. The number of aromatic nitrogens is 2. The first-order valence-electron chi connectivity index (χ1n) is 5.78. The van der Waals surface area contributed by atoms with Gasteiger partial charge in [-0.25, -0.2) is 0 Å². The Morgan fingerprint density at radius 3 is 2.70 bits per heavy atom. The molecule has 7 heteroatoms. The molecule has 0 aliphatic heterocycles. The van der Waals surface area contributed by atoms with Crippen LogP contribution in [-0.2, 0) is 6.61 Å². The molecule has 0 unspecified atom stereocenters. The van der Waals surface area contributed by atoms with E-state index >= 15 is 0 Å². The Balaban J connectivity index is 1.70. The maximum absolute atomic E-state index is 5.77. The molecule has 2 aromatic heterocycles. The zero-order valence-electron chi connectivity index (χ0n) is 10.2. The van der Waals surface area contributed by atoms with Crippen LogP contribution >= 0.6 is 15.9 Å². The summed E-state index contributed by atoms with van der Waals surface area (Å²) in [5.41, 5.74) is 6.33. The van der Waals surface area contributed by atoms with Gasteiger partial charge in [0.1, 0.15) is 5.75 Å². The number of nitrogens with zero attached hydrogens (tertiary/aromatic N) is 2. The molecule has 2 heterocycles. The Kier molecular flexibility index (Phi) is 3.42. The molecule has 0 spiro atoms. The minimum atomic E-state index is 0.142. The molecule has 6 nitrogen and oxygen atoms in total. The summed E-state index contributed by atoms with van der Waals surface area (Å²) < 4.78 is 16.9. The van der Waals surface area contributed by atoms with E-state index in [1.807, 2.05) is 12.1 Å². The number of hydrogen-bond acceptors (Lipinski definition) is 6. The van der Waals surface area contributed by atoms with Gasteiger partial charge in [-0.05, 0) is 40.2 Å². The minimum absolute atomic E-state index is 0.142. The van der Waals surface area contributed by atoms with E-state index < -0.39 is 0 Å². The summed E-state index contributed by atoms with van der Waals surface area (Å²) in [7, 11) is 0. The van der Waals surface area contributed by atoms with Crippen molar-refractivity contribution in [1.82, 2.24) is 10.2 Å². The highest BCUT2D eigenvalue weighted by Gasteiger charge is 2.12. The third-order valence-corrected chi connectivity index (χ3v) is 2.95. The van der Waals surface area contributed by atoms with Gasteiger partial charge in [-0.3, -0.25) is 0 Å². The first-order valence-corrected chi connectivity index (χ1v) is 6.57. The summed E-state index contributed by atoms with van der Waals surface area (Å²) in [5.74, 6) is 1.72. The highest BCUT2D eigenvalue weighted by atomic mass is 79.9. The largest absolute Gasteiger partial charge is 0.482 e. The smallest absolute Gasteiger partial charge is 0.283 e. The van der Waals surface area contributed by atoms with Crippen molar-refractivity contribution in [3.63, 3.8) is 0 Å². The van der Waals surface area contributed by atoms with Crippen LogP contribution in [0.25, 0.3) is 11.7 Å². The summed E-state index contributed by atoms with van der Waals surface area (Å²) in [6.07, 6.45) is 0. The standard InChI is InChI=1S/C13H10BrN3O3/c14-11-6-5-10(19-11)13-17-16-12(20-13)7-18-9-4-2-1-3-8(9)15/h1-6H,7,15H2. The molecule has 102 valence electrons. The molecular formula is C13H10BrN3O3. The molecule has 1 aromatic carbocycles. The molecule has 0 atom stereocenters. The highest BCUT2D eigenvalue weighted by molar-refractivity contribution is 9.10. The lowest BCUT2D eigenvalue weighted by Crippen LogP contribution is -1.98. The van der Waals surface area contributed by atoms with Crippen molar-refractivity contribution in [3.8, 4) is 17.4 Å². The van der Waals surface area contributed by atoms with Gasteiger partial charge in [0.2, 0.25) is 0 Å². The molecule has 0 aliphatic carbocycles. The topological polar surface area (TPSA) is 87.3 Å². The van der Waals surface area contributed by atoms with Crippen LogP contribution in [0.1, 0.15) is 5.89 Å². The fraction of sp³-hybridized carbons (Fsp3) is 0.0769. The van der Waals surface area contributed by atoms with Gasteiger partial charge < -0.3 is 19.3 Å². The summed E-state index contributed by atoms with van der Waals surface area (Å²) in [5, 5.41) is 7.78. The maximum atomic E-state index is 5.77. The number of anilines is 1. The third-order valence-electron chi connectivity index (χ3n) is 2.52. The van der Waals surface area contributed by atoms with Crippen LogP contribution in [0, 0.1) is 0 Å². The van der Waals surface area contributed by atoms with Crippen molar-refractivity contribution in [2.45, 2.75) is 6.61 Å². The maximum Gasteiger partial charge on any atom is 0.283 e. The van der Waals surface area contributed by atoms with E-state index in [9.17, 15) is 0 Å². The lowest BCUT2D eigenvalue weighted by molar-refractivity contribution is 0.265. The predicted molar refractivity (Wildman–Crippen MR) is 74.9 cm³/mol. The number of nitrogens with two attached hydrogens (primary N) is 1. The Bertz CT molecular complexity index is 723. The third kappa shape index (κ3) is 2.67. The predicted octanol–water partition coefficient (Wildman–Crippen LogP) is 3.25. The molecule has 0 radical (unpaired) electrons. The normalized spacial score (nSPS) is 10.7.